The zero-order valence-electron chi connectivity index (χ0n) is 12.1. The molecule has 0 unspecified atom stereocenters. The number of carbonyl (C=O) groups excluding carboxylic acids is 1. The molecule has 0 bridgehead atoms. The van der Waals surface area contributed by atoms with Crippen molar-refractivity contribution >= 4 is 5.78 Å². The lowest BCUT2D eigenvalue weighted by molar-refractivity contribution is -0.138. The van der Waals surface area contributed by atoms with Gasteiger partial charge in [0.2, 0.25) is 0 Å². The number of ether oxygens (including phenoxy) is 2. The molecule has 0 aromatic heterocycles. The molecule has 6 heteroatoms. The van der Waals surface area contributed by atoms with E-state index in [9.17, 15) is 18.0 Å². The van der Waals surface area contributed by atoms with E-state index in [-0.39, 0.29) is 25.4 Å². The van der Waals surface area contributed by atoms with Crippen LogP contribution in [0.25, 0.3) is 0 Å². The van der Waals surface area contributed by atoms with E-state index in [1.807, 2.05) is 6.92 Å². The van der Waals surface area contributed by atoms with Crippen LogP contribution in [0.4, 0.5) is 13.2 Å². The third-order valence-electron chi connectivity index (χ3n) is 2.77. The number of benzene rings is 1. The molecule has 0 aliphatic rings. The molecular formula is C15H19F3O3. The Bertz CT molecular complexity index is 470. The second kappa shape index (κ2) is 8.02. The van der Waals surface area contributed by atoms with Gasteiger partial charge in [0.15, 0.2) is 5.78 Å². The van der Waals surface area contributed by atoms with Gasteiger partial charge in [-0.2, -0.15) is 13.2 Å². The molecule has 1 aromatic carbocycles. The summed E-state index contributed by atoms with van der Waals surface area (Å²) in [4.78, 5) is 11.3. The van der Waals surface area contributed by atoms with Crippen molar-refractivity contribution in [3.63, 3.8) is 0 Å². The lowest BCUT2D eigenvalue weighted by Gasteiger charge is -2.12. The Morgan fingerprint density at radius 3 is 2.57 bits per heavy atom. The van der Waals surface area contributed by atoms with Gasteiger partial charge in [0, 0.05) is 24.2 Å². The predicted octanol–water partition coefficient (Wildman–Crippen LogP) is 4.15. The Morgan fingerprint density at radius 1 is 1.29 bits per heavy atom. The first-order chi connectivity index (χ1) is 9.83. The highest BCUT2D eigenvalue weighted by Gasteiger charge is 2.25. The maximum absolute atomic E-state index is 12.0. The monoisotopic (exact) mass is 304 g/mol. The van der Waals surface area contributed by atoms with Gasteiger partial charge < -0.3 is 9.47 Å². The third kappa shape index (κ3) is 6.62. The van der Waals surface area contributed by atoms with E-state index in [0.29, 0.717) is 23.5 Å². The second-order valence-electron chi connectivity index (χ2n) is 4.58. The molecule has 1 rings (SSSR count). The number of alkyl halides is 3. The van der Waals surface area contributed by atoms with Gasteiger partial charge in [0.1, 0.15) is 5.75 Å². The summed E-state index contributed by atoms with van der Waals surface area (Å²) in [6.07, 6.45) is -5.10. The van der Waals surface area contributed by atoms with Crippen LogP contribution >= 0.6 is 0 Å². The van der Waals surface area contributed by atoms with Gasteiger partial charge in [-0.05, 0) is 38.5 Å². The van der Waals surface area contributed by atoms with E-state index in [1.165, 1.54) is 6.92 Å². The van der Waals surface area contributed by atoms with Gasteiger partial charge in [-0.25, -0.2) is 0 Å². The van der Waals surface area contributed by atoms with Crippen molar-refractivity contribution in [2.45, 2.75) is 39.5 Å². The average Bonchev–Trinajstić information content (AvgIpc) is 2.38. The van der Waals surface area contributed by atoms with Crippen molar-refractivity contribution < 1.29 is 27.4 Å². The van der Waals surface area contributed by atoms with Gasteiger partial charge in [-0.15, -0.1) is 0 Å². The van der Waals surface area contributed by atoms with Gasteiger partial charge >= 0.3 is 6.18 Å². The zero-order valence-corrected chi connectivity index (χ0v) is 12.1. The molecule has 21 heavy (non-hydrogen) atoms. The van der Waals surface area contributed by atoms with Crippen molar-refractivity contribution in [3.8, 4) is 5.75 Å². The molecule has 0 spiro atoms. The molecule has 0 aliphatic carbocycles. The molecule has 0 atom stereocenters. The number of halogens is 3. The molecule has 118 valence electrons. The van der Waals surface area contributed by atoms with E-state index in [2.05, 4.69) is 0 Å². The topological polar surface area (TPSA) is 35.5 Å². The maximum atomic E-state index is 12.0. The normalized spacial score (nSPS) is 11.5. The highest BCUT2D eigenvalue weighted by atomic mass is 19.4. The number of hydrogen-bond donors (Lipinski definition) is 0. The Balaban J connectivity index is 2.59. The Labute approximate surface area is 122 Å². The molecular weight excluding hydrogens is 285 g/mol. The van der Waals surface area contributed by atoms with Gasteiger partial charge in [-0.3, -0.25) is 4.79 Å². The number of Topliss-reactive ketones (excluding diaryl/α,β-unsaturated/α-hetero) is 1. The molecule has 0 aliphatic heterocycles. The van der Waals surface area contributed by atoms with E-state index < -0.39 is 12.6 Å². The summed E-state index contributed by atoms with van der Waals surface area (Å²) in [6.45, 7) is 3.86. The van der Waals surface area contributed by atoms with Crippen LogP contribution in [0.15, 0.2) is 18.2 Å². The van der Waals surface area contributed by atoms with Crippen molar-refractivity contribution in [1.82, 2.24) is 0 Å². The lowest BCUT2D eigenvalue weighted by atomic mass is 10.1. The Kier molecular flexibility index (Phi) is 6.68. The molecule has 0 amide bonds. The van der Waals surface area contributed by atoms with Gasteiger partial charge in [0.25, 0.3) is 0 Å². The Hall–Kier alpha value is -1.56. The smallest absolute Gasteiger partial charge is 0.389 e. The molecule has 3 nitrogen and oxygen atoms in total. The average molecular weight is 304 g/mol. The van der Waals surface area contributed by atoms with Crippen molar-refractivity contribution in [3.05, 3.63) is 29.3 Å². The fourth-order valence-electron chi connectivity index (χ4n) is 1.76. The first-order valence-corrected chi connectivity index (χ1v) is 6.74. The van der Waals surface area contributed by atoms with E-state index in [0.717, 1.165) is 0 Å². The second-order valence-corrected chi connectivity index (χ2v) is 4.58. The van der Waals surface area contributed by atoms with Crippen molar-refractivity contribution in [2.75, 3.05) is 13.2 Å². The van der Waals surface area contributed by atoms with Crippen LogP contribution in [0.2, 0.25) is 0 Å². The fourth-order valence-corrected chi connectivity index (χ4v) is 1.76. The maximum Gasteiger partial charge on any atom is 0.389 e. The van der Waals surface area contributed by atoms with Crippen molar-refractivity contribution in [2.24, 2.45) is 0 Å². The molecule has 0 N–H and O–H groups in total. The molecule has 1 aromatic rings. The van der Waals surface area contributed by atoms with E-state index in [1.54, 1.807) is 18.2 Å². The van der Waals surface area contributed by atoms with Crippen LogP contribution in [-0.2, 0) is 11.3 Å². The SMILES string of the molecule is CCOc1ccc(C(C)=O)cc1COCCCC(F)(F)F. The zero-order chi connectivity index (χ0) is 15.9. The van der Waals surface area contributed by atoms with Gasteiger partial charge in [0.05, 0.1) is 13.2 Å². The molecule has 0 heterocycles. The minimum absolute atomic E-state index is 0.00930. The van der Waals surface area contributed by atoms with E-state index >= 15 is 0 Å². The number of hydrogen-bond acceptors (Lipinski definition) is 3. The number of rotatable bonds is 8. The van der Waals surface area contributed by atoms with Crippen LogP contribution in [0.1, 0.15) is 42.6 Å². The summed E-state index contributed by atoms with van der Waals surface area (Å²) in [5, 5.41) is 0. The van der Waals surface area contributed by atoms with E-state index in [4.69, 9.17) is 9.47 Å². The van der Waals surface area contributed by atoms with Crippen LogP contribution in [0.5, 0.6) is 5.75 Å². The standard InChI is InChI=1S/C15H19F3O3/c1-3-21-14-6-5-12(11(2)19)9-13(14)10-20-8-4-7-15(16,17)18/h5-6,9H,3-4,7-8,10H2,1-2H3. The highest BCUT2D eigenvalue weighted by Crippen LogP contribution is 2.23. The largest absolute Gasteiger partial charge is 0.494 e. The Morgan fingerprint density at radius 2 is 2.00 bits per heavy atom. The fraction of sp³-hybridized carbons (Fsp3) is 0.533. The summed E-state index contributed by atoms with van der Waals surface area (Å²) < 4.78 is 46.7. The summed E-state index contributed by atoms with van der Waals surface area (Å²) in [7, 11) is 0. The summed E-state index contributed by atoms with van der Waals surface area (Å²) in [5.41, 5.74) is 1.18. The molecule has 0 saturated heterocycles. The summed E-state index contributed by atoms with van der Waals surface area (Å²) in [5.74, 6) is 0.495. The van der Waals surface area contributed by atoms with Crippen LogP contribution in [0, 0.1) is 0 Å². The number of ketones is 1. The molecule has 0 radical (unpaired) electrons. The lowest BCUT2D eigenvalue weighted by Crippen LogP contribution is -2.09. The number of carbonyl (C=O) groups is 1. The quantitative estimate of drug-likeness (QED) is 0.534. The molecule has 0 fully saturated rings. The van der Waals surface area contributed by atoms with Crippen LogP contribution in [-0.4, -0.2) is 25.2 Å². The van der Waals surface area contributed by atoms with Crippen LogP contribution in [0.3, 0.4) is 0 Å². The predicted molar refractivity (Wildman–Crippen MR) is 72.6 cm³/mol. The summed E-state index contributed by atoms with van der Waals surface area (Å²) >= 11 is 0. The summed E-state index contributed by atoms with van der Waals surface area (Å²) in [6, 6.07) is 4.98. The van der Waals surface area contributed by atoms with Crippen molar-refractivity contribution in [1.29, 1.82) is 0 Å². The first-order valence-electron chi connectivity index (χ1n) is 6.74. The van der Waals surface area contributed by atoms with Crippen LogP contribution < -0.4 is 4.74 Å². The highest BCUT2D eigenvalue weighted by molar-refractivity contribution is 5.94. The van der Waals surface area contributed by atoms with Gasteiger partial charge in [-0.1, -0.05) is 0 Å². The first kappa shape index (κ1) is 17.5. The third-order valence-corrected chi connectivity index (χ3v) is 2.77. The minimum atomic E-state index is -4.16. The minimum Gasteiger partial charge on any atom is -0.494 e. The molecule has 0 saturated carbocycles.